The molecule has 4 aromatic rings. The van der Waals surface area contributed by atoms with Crippen molar-refractivity contribution in [3.63, 3.8) is 0 Å². The summed E-state index contributed by atoms with van der Waals surface area (Å²) < 4.78 is 5.94. The highest BCUT2D eigenvalue weighted by Crippen LogP contribution is 2.28. The van der Waals surface area contributed by atoms with E-state index in [0.717, 1.165) is 65.1 Å². The van der Waals surface area contributed by atoms with Crippen LogP contribution in [0.15, 0.2) is 48.9 Å². The summed E-state index contributed by atoms with van der Waals surface area (Å²) in [5, 5.41) is 21.9. The molecule has 1 saturated heterocycles. The lowest BCUT2D eigenvalue weighted by molar-refractivity contribution is 0.167. The Balaban J connectivity index is 1.34. The topological polar surface area (TPSA) is 99.2 Å². The van der Waals surface area contributed by atoms with Crippen LogP contribution in [-0.2, 0) is 0 Å². The first kappa shape index (κ1) is 17.8. The number of nitrogens with one attached hydrogen (secondary N) is 2. The van der Waals surface area contributed by atoms with Gasteiger partial charge in [0.25, 0.3) is 0 Å². The Hall–Kier alpha value is -3.23. The number of hydrogen-bond acceptors (Lipinski definition) is 7. The lowest BCUT2D eigenvalue weighted by Crippen LogP contribution is -2.27. The van der Waals surface area contributed by atoms with Gasteiger partial charge in [-0.15, -0.1) is 0 Å². The number of H-pyrrole nitrogens is 1. The number of nitrogens with zero attached hydrogens (tertiary/aromatic N) is 4. The van der Waals surface area contributed by atoms with Crippen molar-refractivity contribution in [2.45, 2.75) is 12.5 Å². The van der Waals surface area contributed by atoms with E-state index in [1.165, 1.54) is 0 Å². The molecule has 3 N–H and O–H groups in total. The Bertz CT molecular complexity index is 1140. The standard InChI is InChI=1S/C21H22N6O2/c28-16-5-6-27(12-16)7-8-29-17-2-4-20-18(10-17)21(23-13-22-20)25-15-1-3-19-14(9-15)11-24-26-19/h1-4,9-11,13,16,28H,5-8,12H2,(H,24,26)(H,22,23,25). The van der Waals surface area contributed by atoms with Crippen LogP contribution < -0.4 is 10.1 Å². The number of hydrogen-bond donors (Lipinski definition) is 3. The molecule has 0 aliphatic carbocycles. The van der Waals surface area contributed by atoms with Crippen LogP contribution in [0.25, 0.3) is 21.8 Å². The SMILES string of the molecule is OC1CCN(CCOc2ccc3ncnc(Nc4ccc5[nH]ncc5c4)c3c2)C1. The van der Waals surface area contributed by atoms with E-state index in [0.29, 0.717) is 6.61 Å². The second-order valence-corrected chi connectivity index (χ2v) is 7.29. The van der Waals surface area contributed by atoms with Gasteiger partial charge in [-0.25, -0.2) is 9.97 Å². The highest BCUT2D eigenvalue weighted by Gasteiger charge is 2.19. The second-order valence-electron chi connectivity index (χ2n) is 7.29. The molecule has 29 heavy (non-hydrogen) atoms. The molecule has 1 aliphatic heterocycles. The molecule has 1 fully saturated rings. The van der Waals surface area contributed by atoms with Crippen LogP contribution in [0.2, 0.25) is 0 Å². The third kappa shape index (κ3) is 3.85. The summed E-state index contributed by atoms with van der Waals surface area (Å²) in [6.07, 6.45) is 3.99. The molecular weight excluding hydrogens is 368 g/mol. The van der Waals surface area contributed by atoms with Crippen molar-refractivity contribution >= 4 is 33.3 Å². The number of aliphatic hydroxyl groups excluding tert-OH is 1. The predicted molar refractivity (Wildman–Crippen MR) is 111 cm³/mol. The van der Waals surface area contributed by atoms with Crippen LogP contribution >= 0.6 is 0 Å². The molecule has 0 bridgehead atoms. The number of rotatable bonds is 6. The third-order valence-corrected chi connectivity index (χ3v) is 5.23. The van der Waals surface area contributed by atoms with Gasteiger partial charge in [-0.05, 0) is 42.8 Å². The van der Waals surface area contributed by atoms with E-state index in [1.54, 1.807) is 12.5 Å². The highest BCUT2D eigenvalue weighted by molar-refractivity contribution is 5.92. The summed E-state index contributed by atoms with van der Waals surface area (Å²) in [6.45, 7) is 3.03. The molecule has 3 heterocycles. The van der Waals surface area contributed by atoms with E-state index >= 15 is 0 Å². The largest absolute Gasteiger partial charge is 0.492 e. The van der Waals surface area contributed by atoms with Gasteiger partial charge in [0.05, 0.1) is 23.3 Å². The van der Waals surface area contributed by atoms with E-state index in [1.807, 2.05) is 36.4 Å². The van der Waals surface area contributed by atoms with Crippen molar-refractivity contribution in [1.82, 2.24) is 25.1 Å². The minimum absolute atomic E-state index is 0.206. The van der Waals surface area contributed by atoms with E-state index in [9.17, 15) is 5.11 Å². The fourth-order valence-corrected chi connectivity index (χ4v) is 3.69. The van der Waals surface area contributed by atoms with E-state index in [4.69, 9.17) is 4.74 Å². The van der Waals surface area contributed by atoms with Crippen LogP contribution in [0, 0.1) is 0 Å². The van der Waals surface area contributed by atoms with E-state index < -0.39 is 0 Å². The maximum Gasteiger partial charge on any atom is 0.141 e. The summed E-state index contributed by atoms with van der Waals surface area (Å²) in [6, 6.07) is 11.8. The Morgan fingerprint density at radius 1 is 1.21 bits per heavy atom. The van der Waals surface area contributed by atoms with Crippen molar-refractivity contribution in [2.24, 2.45) is 0 Å². The Kier molecular flexibility index (Phi) is 4.71. The Labute approximate surface area is 167 Å². The minimum Gasteiger partial charge on any atom is -0.492 e. The molecule has 1 aliphatic rings. The average Bonchev–Trinajstić information content (AvgIpc) is 3.37. The van der Waals surface area contributed by atoms with Crippen LogP contribution in [-0.4, -0.2) is 62.5 Å². The van der Waals surface area contributed by atoms with Crippen LogP contribution in [0.5, 0.6) is 5.75 Å². The van der Waals surface area contributed by atoms with Gasteiger partial charge >= 0.3 is 0 Å². The first-order chi connectivity index (χ1) is 14.2. The zero-order valence-corrected chi connectivity index (χ0v) is 15.9. The molecular formula is C21H22N6O2. The number of ether oxygens (including phenoxy) is 1. The van der Waals surface area contributed by atoms with Gasteiger partial charge in [-0.3, -0.25) is 10.00 Å². The minimum atomic E-state index is -0.206. The second kappa shape index (κ2) is 7.65. The quantitative estimate of drug-likeness (QED) is 0.465. The molecule has 2 aromatic carbocycles. The number of β-amino-alcohol motifs (C(OH)–C–C–N with tert-alkyl or cyclic N) is 1. The molecule has 0 radical (unpaired) electrons. The zero-order chi connectivity index (χ0) is 19.6. The lowest BCUT2D eigenvalue weighted by Gasteiger charge is -2.15. The lowest BCUT2D eigenvalue weighted by atomic mass is 10.2. The molecule has 0 amide bonds. The Morgan fingerprint density at radius 2 is 2.17 bits per heavy atom. The van der Waals surface area contributed by atoms with E-state index in [-0.39, 0.29) is 6.10 Å². The van der Waals surface area contributed by atoms with Gasteiger partial charge in [0, 0.05) is 36.1 Å². The molecule has 2 aromatic heterocycles. The van der Waals surface area contributed by atoms with Crippen molar-refractivity contribution in [2.75, 3.05) is 31.6 Å². The zero-order valence-electron chi connectivity index (χ0n) is 15.9. The van der Waals surface area contributed by atoms with Gasteiger partial charge in [-0.2, -0.15) is 5.10 Å². The smallest absolute Gasteiger partial charge is 0.141 e. The number of aliphatic hydroxyl groups is 1. The average molecular weight is 390 g/mol. The van der Waals surface area contributed by atoms with Crippen molar-refractivity contribution in [3.05, 3.63) is 48.9 Å². The summed E-state index contributed by atoms with van der Waals surface area (Å²) in [5.41, 5.74) is 2.77. The van der Waals surface area contributed by atoms with Crippen molar-refractivity contribution < 1.29 is 9.84 Å². The van der Waals surface area contributed by atoms with Crippen LogP contribution in [0.4, 0.5) is 11.5 Å². The van der Waals surface area contributed by atoms with Crippen LogP contribution in [0.1, 0.15) is 6.42 Å². The fraction of sp³-hybridized carbons (Fsp3) is 0.286. The molecule has 8 heteroatoms. The van der Waals surface area contributed by atoms with E-state index in [2.05, 4.69) is 30.4 Å². The van der Waals surface area contributed by atoms with Gasteiger partial charge in [0.15, 0.2) is 0 Å². The summed E-state index contributed by atoms with van der Waals surface area (Å²) in [4.78, 5) is 11.0. The summed E-state index contributed by atoms with van der Waals surface area (Å²) >= 11 is 0. The van der Waals surface area contributed by atoms with Crippen molar-refractivity contribution in [3.8, 4) is 5.75 Å². The number of likely N-dealkylation sites (tertiary alicyclic amines) is 1. The third-order valence-electron chi connectivity index (χ3n) is 5.23. The Morgan fingerprint density at radius 3 is 3.07 bits per heavy atom. The number of aromatic nitrogens is 4. The van der Waals surface area contributed by atoms with Gasteiger partial charge in [0.2, 0.25) is 0 Å². The molecule has 1 atom stereocenters. The number of benzene rings is 2. The fourth-order valence-electron chi connectivity index (χ4n) is 3.69. The number of fused-ring (bicyclic) bond motifs is 2. The predicted octanol–water partition coefficient (Wildman–Crippen LogP) is 2.70. The molecule has 0 saturated carbocycles. The monoisotopic (exact) mass is 390 g/mol. The molecule has 1 unspecified atom stereocenters. The van der Waals surface area contributed by atoms with Gasteiger partial charge in [-0.1, -0.05) is 0 Å². The van der Waals surface area contributed by atoms with Crippen molar-refractivity contribution in [1.29, 1.82) is 0 Å². The normalized spacial score (nSPS) is 17.2. The van der Waals surface area contributed by atoms with Gasteiger partial charge in [0.1, 0.15) is 24.5 Å². The number of anilines is 2. The molecule has 148 valence electrons. The number of aromatic amines is 1. The first-order valence-electron chi connectivity index (χ1n) is 9.73. The maximum absolute atomic E-state index is 9.62. The summed E-state index contributed by atoms with van der Waals surface area (Å²) in [5.74, 6) is 1.51. The molecule has 5 rings (SSSR count). The maximum atomic E-state index is 9.62. The highest BCUT2D eigenvalue weighted by atomic mass is 16.5. The molecule has 0 spiro atoms. The molecule has 8 nitrogen and oxygen atoms in total. The first-order valence-corrected chi connectivity index (χ1v) is 9.73. The van der Waals surface area contributed by atoms with Crippen LogP contribution in [0.3, 0.4) is 0 Å². The summed E-state index contributed by atoms with van der Waals surface area (Å²) in [7, 11) is 0. The van der Waals surface area contributed by atoms with Gasteiger partial charge < -0.3 is 15.2 Å².